The van der Waals surface area contributed by atoms with E-state index in [2.05, 4.69) is 5.32 Å². The van der Waals surface area contributed by atoms with Gasteiger partial charge in [0.25, 0.3) is 11.8 Å². The lowest BCUT2D eigenvalue weighted by Gasteiger charge is -2.27. The molecule has 2 amide bonds. The maximum absolute atomic E-state index is 12.5. The van der Waals surface area contributed by atoms with Gasteiger partial charge in [-0.05, 0) is 24.3 Å². The number of nitrogens with one attached hydrogen (secondary N) is 1. The highest BCUT2D eigenvalue weighted by Gasteiger charge is 2.19. The van der Waals surface area contributed by atoms with E-state index in [9.17, 15) is 9.59 Å². The lowest BCUT2D eigenvalue weighted by atomic mass is 10.1. The summed E-state index contributed by atoms with van der Waals surface area (Å²) in [5.41, 5.74) is 6.94. The first-order chi connectivity index (χ1) is 11.7. The van der Waals surface area contributed by atoms with Gasteiger partial charge in [-0.25, -0.2) is 0 Å². The van der Waals surface area contributed by atoms with Crippen molar-refractivity contribution in [3.05, 3.63) is 53.5 Å². The van der Waals surface area contributed by atoms with Gasteiger partial charge in [-0.15, -0.1) is 12.4 Å². The van der Waals surface area contributed by atoms with E-state index in [1.54, 1.807) is 35.2 Å². The largest absolute Gasteiger partial charge is 0.467 e. The standard InChI is InChI=1S/C17H19N3O4.ClH/c18-10-15-9-13(11-24-15)16(21)19-14-3-1-2-12(8-14)17(22)20-4-6-23-7-5-20;/h1-3,8-9,11H,4-7,10,18H2,(H,19,21);1H. The maximum atomic E-state index is 12.5. The summed E-state index contributed by atoms with van der Waals surface area (Å²) in [6, 6.07) is 8.47. The second kappa shape index (κ2) is 8.66. The van der Waals surface area contributed by atoms with Gasteiger partial charge in [0.15, 0.2) is 0 Å². The first kappa shape index (κ1) is 19.0. The van der Waals surface area contributed by atoms with E-state index in [4.69, 9.17) is 14.9 Å². The summed E-state index contributed by atoms with van der Waals surface area (Å²) in [5.74, 6) is 0.161. The third-order valence-corrected chi connectivity index (χ3v) is 3.78. The van der Waals surface area contributed by atoms with Crippen molar-refractivity contribution in [2.45, 2.75) is 6.54 Å². The van der Waals surface area contributed by atoms with Crippen LogP contribution in [0, 0.1) is 0 Å². The van der Waals surface area contributed by atoms with Gasteiger partial charge in [0.05, 0.1) is 25.3 Å². The number of carbonyl (C=O) groups is 2. The first-order valence-electron chi connectivity index (χ1n) is 7.73. The third-order valence-electron chi connectivity index (χ3n) is 3.78. The van der Waals surface area contributed by atoms with Crippen molar-refractivity contribution in [2.24, 2.45) is 5.73 Å². The highest BCUT2D eigenvalue weighted by atomic mass is 35.5. The maximum Gasteiger partial charge on any atom is 0.258 e. The van der Waals surface area contributed by atoms with Crippen LogP contribution < -0.4 is 11.1 Å². The molecule has 2 heterocycles. The molecule has 1 fully saturated rings. The fourth-order valence-electron chi connectivity index (χ4n) is 2.49. The van der Waals surface area contributed by atoms with Gasteiger partial charge >= 0.3 is 0 Å². The minimum absolute atomic E-state index is 0. The molecule has 0 aliphatic carbocycles. The van der Waals surface area contributed by atoms with Crippen molar-refractivity contribution in [3.8, 4) is 0 Å². The van der Waals surface area contributed by atoms with Crippen molar-refractivity contribution < 1.29 is 18.7 Å². The summed E-state index contributed by atoms with van der Waals surface area (Å²) in [5, 5.41) is 2.76. The summed E-state index contributed by atoms with van der Waals surface area (Å²) in [7, 11) is 0. The summed E-state index contributed by atoms with van der Waals surface area (Å²) < 4.78 is 10.4. The zero-order valence-corrected chi connectivity index (χ0v) is 14.4. The zero-order valence-electron chi connectivity index (χ0n) is 13.6. The molecule has 0 unspecified atom stereocenters. The molecule has 0 spiro atoms. The molecule has 0 atom stereocenters. The molecule has 1 aliphatic heterocycles. The average molecular weight is 366 g/mol. The van der Waals surface area contributed by atoms with E-state index >= 15 is 0 Å². The number of halogens is 1. The van der Waals surface area contributed by atoms with Crippen LogP contribution in [0.4, 0.5) is 5.69 Å². The first-order valence-corrected chi connectivity index (χ1v) is 7.73. The quantitative estimate of drug-likeness (QED) is 0.862. The molecular weight excluding hydrogens is 346 g/mol. The molecule has 1 aromatic carbocycles. The van der Waals surface area contributed by atoms with Gasteiger partial charge in [0.1, 0.15) is 12.0 Å². The summed E-state index contributed by atoms with van der Waals surface area (Å²) in [4.78, 5) is 26.4. The number of rotatable bonds is 4. The number of nitrogens with two attached hydrogens (primary N) is 1. The molecule has 134 valence electrons. The monoisotopic (exact) mass is 365 g/mol. The van der Waals surface area contributed by atoms with Crippen molar-refractivity contribution in [2.75, 3.05) is 31.6 Å². The number of anilines is 1. The highest BCUT2D eigenvalue weighted by Crippen LogP contribution is 2.16. The van der Waals surface area contributed by atoms with Crippen LogP contribution in [-0.2, 0) is 11.3 Å². The number of morpholine rings is 1. The Kier molecular flexibility index (Phi) is 6.58. The van der Waals surface area contributed by atoms with Crippen LogP contribution >= 0.6 is 12.4 Å². The molecule has 3 rings (SSSR count). The number of ether oxygens (including phenoxy) is 1. The van der Waals surface area contributed by atoms with Crippen LogP contribution in [-0.4, -0.2) is 43.0 Å². The fourth-order valence-corrected chi connectivity index (χ4v) is 2.49. The molecule has 1 aliphatic rings. The van der Waals surface area contributed by atoms with Crippen molar-refractivity contribution in [3.63, 3.8) is 0 Å². The molecule has 3 N–H and O–H groups in total. The second-order valence-electron chi connectivity index (χ2n) is 5.45. The number of furan rings is 1. The van der Waals surface area contributed by atoms with E-state index in [0.717, 1.165) is 0 Å². The van der Waals surface area contributed by atoms with Gasteiger partial charge in [0.2, 0.25) is 0 Å². The van der Waals surface area contributed by atoms with Crippen LogP contribution in [0.25, 0.3) is 0 Å². The van der Waals surface area contributed by atoms with Gasteiger partial charge in [0, 0.05) is 24.3 Å². The Morgan fingerprint density at radius 1 is 1.16 bits per heavy atom. The minimum atomic E-state index is -0.311. The smallest absolute Gasteiger partial charge is 0.258 e. The summed E-state index contributed by atoms with van der Waals surface area (Å²) in [6.45, 7) is 2.48. The Hall–Kier alpha value is -2.35. The number of amides is 2. The summed E-state index contributed by atoms with van der Waals surface area (Å²) in [6.07, 6.45) is 1.36. The van der Waals surface area contributed by atoms with Gasteiger partial charge in [-0.3, -0.25) is 9.59 Å². The topological polar surface area (TPSA) is 97.8 Å². The normalized spacial score (nSPS) is 13.9. The molecule has 25 heavy (non-hydrogen) atoms. The number of hydrogen-bond acceptors (Lipinski definition) is 5. The Bertz CT molecular complexity index is 741. The molecule has 7 nitrogen and oxygen atoms in total. The molecule has 0 radical (unpaired) electrons. The number of hydrogen-bond donors (Lipinski definition) is 2. The number of carbonyl (C=O) groups excluding carboxylic acids is 2. The van der Waals surface area contributed by atoms with E-state index in [-0.39, 0.29) is 30.8 Å². The minimum Gasteiger partial charge on any atom is -0.467 e. The molecular formula is C17H20ClN3O4. The SMILES string of the molecule is Cl.NCc1cc(C(=O)Nc2cccc(C(=O)N3CCOCC3)c2)co1. The van der Waals surface area contributed by atoms with Crippen molar-refractivity contribution in [1.29, 1.82) is 0 Å². The van der Waals surface area contributed by atoms with Crippen LogP contribution in [0.5, 0.6) is 0 Å². The average Bonchev–Trinajstić information content (AvgIpc) is 3.11. The number of benzene rings is 1. The van der Waals surface area contributed by atoms with Gasteiger partial charge in [-0.2, -0.15) is 0 Å². The Labute approximate surface area is 151 Å². The lowest BCUT2D eigenvalue weighted by molar-refractivity contribution is 0.0303. The molecule has 1 saturated heterocycles. The third kappa shape index (κ3) is 4.60. The Morgan fingerprint density at radius 3 is 2.60 bits per heavy atom. The lowest BCUT2D eigenvalue weighted by Crippen LogP contribution is -2.40. The molecule has 8 heteroatoms. The van der Waals surface area contributed by atoms with Crippen LogP contribution in [0.2, 0.25) is 0 Å². The predicted molar refractivity (Wildman–Crippen MR) is 95.0 cm³/mol. The molecule has 0 bridgehead atoms. The Morgan fingerprint density at radius 2 is 1.92 bits per heavy atom. The Balaban J connectivity index is 0.00000225. The van der Waals surface area contributed by atoms with E-state index in [1.165, 1.54) is 6.26 Å². The fraction of sp³-hybridized carbons (Fsp3) is 0.294. The summed E-state index contributed by atoms with van der Waals surface area (Å²) >= 11 is 0. The predicted octanol–water partition coefficient (Wildman–Crippen LogP) is 1.88. The van der Waals surface area contributed by atoms with E-state index in [1.807, 2.05) is 0 Å². The molecule has 0 saturated carbocycles. The van der Waals surface area contributed by atoms with Crippen molar-refractivity contribution >= 4 is 29.9 Å². The highest BCUT2D eigenvalue weighted by molar-refractivity contribution is 6.05. The second-order valence-corrected chi connectivity index (χ2v) is 5.45. The van der Waals surface area contributed by atoms with Crippen LogP contribution in [0.1, 0.15) is 26.5 Å². The van der Waals surface area contributed by atoms with Gasteiger partial charge in [-0.1, -0.05) is 6.07 Å². The van der Waals surface area contributed by atoms with E-state index in [0.29, 0.717) is 48.9 Å². The number of nitrogens with zero attached hydrogens (tertiary/aromatic N) is 1. The van der Waals surface area contributed by atoms with E-state index < -0.39 is 0 Å². The zero-order chi connectivity index (χ0) is 16.9. The van der Waals surface area contributed by atoms with Gasteiger partial charge < -0.3 is 25.1 Å². The molecule has 1 aromatic heterocycles. The van der Waals surface area contributed by atoms with Crippen molar-refractivity contribution in [1.82, 2.24) is 4.90 Å². The van der Waals surface area contributed by atoms with Crippen LogP contribution in [0.15, 0.2) is 41.0 Å². The van der Waals surface area contributed by atoms with Crippen LogP contribution in [0.3, 0.4) is 0 Å². The molecule has 2 aromatic rings.